The van der Waals surface area contributed by atoms with Crippen molar-refractivity contribution < 1.29 is 9.53 Å². The molecular weight excluding hydrogens is 286 g/mol. The van der Waals surface area contributed by atoms with Crippen molar-refractivity contribution in [3.05, 3.63) is 64.7 Å². The number of hydrogen-bond donors (Lipinski definition) is 1. The van der Waals surface area contributed by atoms with Gasteiger partial charge in [0.15, 0.2) is 0 Å². The van der Waals surface area contributed by atoms with Gasteiger partial charge in [0.1, 0.15) is 11.4 Å². The van der Waals surface area contributed by atoms with E-state index in [2.05, 4.69) is 19.2 Å². The summed E-state index contributed by atoms with van der Waals surface area (Å²) in [5, 5.41) is 3.19. The normalized spacial score (nSPS) is 18.7. The smallest absolute Gasteiger partial charge is 0.252 e. The first kappa shape index (κ1) is 15.6. The standard InChI is InChI=1S/C20H23NO2/c1-13-9-10-15(14(2)11-13)19(22)21-17-12-20(3,4)23-18-8-6-5-7-16(17)18/h5-11,17H,12H2,1-4H3,(H,21,22)/t17-/m0/s1. The zero-order chi connectivity index (χ0) is 16.6. The molecule has 1 amide bonds. The molecule has 0 aliphatic carbocycles. The molecule has 3 rings (SSSR count). The van der Waals surface area contributed by atoms with Crippen molar-refractivity contribution in [3.8, 4) is 5.75 Å². The summed E-state index contributed by atoms with van der Waals surface area (Å²) in [6, 6.07) is 13.8. The first-order valence-corrected chi connectivity index (χ1v) is 8.02. The van der Waals surface area contributed by atoms with Gasteiger partial charge in [0.2, 0.25) is 0 Å². The van der Waals surface area contributed by atoms with Crippen LogP contribution in [0.3, 0.4) is 0 Å². The molecule has 0 saturated heterocycles. The Balaban J connectivity index is 1.88. The van der Waals surface area contributed by atoms with E-state index in [1.807, 2.05) is 56.3 Å². The van der Waals surface area contributed by atoms with Gasteiger partial charge in [-0.1, -0.05) is 35.9 Å². The van der Waals surface area contributed by atoms with Gasteiger partial charge in [-0.15, -0.1) is 0 Å². The van der Waals surface area contributed by atoms with Gasteiger partial charge in [-0.25, -0.2) is 0 Å². The van der Waals surface area contributed by atoms with Crippen molar-refractivity contribution in [3.63, 3.8) is 0 Å². The highest BCUT2D eigenvalue weighted by Crippen LogP contribution is 2.39. The van der Waals surface area contributed by atoms with Gasteiger partial charge >= 0.3 is 0 Å². The van der Waals surface area contributed by atoms with Crippen LogP contribution in [-0.4, -0.2) is 11.5 Å². The van der Waals surface area contributed by atoms with Crippen LogP contribution in [0.15, 0.2) is 42.5 Å². The first-order chi connectivity index (χ1) is 10.9. The zero-order valence-electron chi connectivity index (χ0n) is 14.1. The predicted octanol–water partition coefficient (Wildman–Crippen LogP) is 4.34. The summed E-state index contributed by atoms with van der Waals surface area (Å²) in [5.41, 5.74) is 3.65. The van der Waals surface area contributed by atoms with Gasteiger partial charge in [-0.2, -0.15) is 0 Å². The second kappa shape index (κ2) is 5.73. The lowest BCUT2D eigenvalue weighted by molar-refractivity contribution is 0.0619. The lowest BCUT2D eigenvalue weighted by Gasteiger charge is -2.38. The molecule has 3 nitrogen and oxygen atoms in total. The molecule has 23 heavy (non-hydrogen) atoms. The number of carbonyl (C=O) groups is 1. The van der Waals surface area contributed by atoms with Crippen molar-refractivity contribution in [1.82, 2.24) is 5.32 Å². The molecular formula is C20H23NO2. The Bertz CT molecular complexity index is 749. The van der Waals surface area contributed by atoms with Gasteiger partial charge in [-0.3, -0.25) is 4.79 Å². The average molecular weight is 309 g/mol. The summed E-state index contributed by atoms with van der Waals surface area (Å²) >= 11 is 0. The summed E-state index contributed by atoms with van der Waals surface area (Å²) in [7, 11) is 0. The number of aryl methyl sites for hydroxylation is 2. The largest absolute Gasteiger partial charge is 0.487 e. The second-order valence-corrected chi connectivity index (χ2v) is 6.95. The van der Waals surface area contributed by atoms with Crippen molar-refractivity contribution in [2.24, 2.45) is 0 Å². The molecule has 0 aromatic heterocycles. The van der Waals surface area contributed by atoms with Crippen LogP contribution in [0, 0.1) is 13.8 Å². The van der Waals surface area contributed by atoms with E-state index in [1.165, 1.54) is 0 Å². The fourth-order valence-corrected chi connectivity index (χ4v) is 3.24. The summed E-state index contributed by atoms with van der Waals surface area (Å²) < 4.78 is 6.02. The maximum atomic E-state index is 12.7. The van der Waals surface area contributed by atoms with Gasteiger partial charge in [-0.05, 0) is 45.4 Å². The number of fused-ring (bicyclic) bond motifs is 1. The van der Waals surface area contributed by atoms with Crippen LogP contribution in [0.4, 0.5) is 0 Å². The number of carbonyl (C=O) groups excluding carboxylic acids is 1. The number of hydrogen-bond acceptors (Lipinski definition) is 2. The molecule has 2 aromatic rings. The van der Waals surface area contributed by atoms with E-state index in [0.717, 1.165) is 34.4 Å². The fourth-order valence-electron chi connectivity index (χ4n) is 3.24. The lowest BCUT2D eigenvalue weighted by atomic mass is 9.89. The van der Waals surface area contributed by atoms with Crippen LogP contribution in [0.5, 0.6) is 5.75 Å². The molecule has 1 N–H and O–H groups in total. The molecule has 2 aromatic carbocycles. The maximum Gasteiger partial charge on any atom is 0.252 e. The molecule has 1 aliphatic rings. The number of nitrogens with one attached hydrogen (secondary N) is 1. The van der Waals surface area contributed by atoms with E-state index in [9.17, 15) is 4.79 Å². The van der Waals surface area contributed by atoms with Gasteiger partial charge < -0.3 is 10.1 Å². The van der Waals surface area contributed by atoms with E-state index < -0.39 is 0 Å². The van der Waals surface area contributed by atoms with E-state index in [0.29, 0.717) is 0 Å². The lowest BCUT2D eigenvalue weighted by Crippen LogP contribution is -2.41. The highest BCUT2D eigenvalue weighted by Gasteiger charge is 2.34. The number of amides is 1. The third-order valence-corrected chi connectivity index (χ3v) is 4.31. The zero-order valence-corrected chi connectivity index (χ0v) is 14.1. The average Bonchev–Trinajstić information content (AvgIpc) is 2.45. The molecule has 3 heteroatoms. The van der Waals surface area contributed by atoms with Crippen LogP contribution < -0.4 is 10.1 Å². The van der Waals surface area contributed by atoms with E-state index >= 15 is 0 Å². The Morgan fingerprint density at radius 2 is 1.91 bits per heavy atom. The van der Waals surface area contributed by atoms with E-state index in [4.69, 9.17) is 4.74 Å². The molecule has 1 aliphatic heterocycles. The SMILES string of the molecule is Cc1ccc(C(=O)N[C@H]2CC(C)(C)Oc3ccccc32)c(C)c1. The summed E-state index contributed by atoms with van der Waals surface area (Å²) in [4.78, 5) is 12.7. The summed E-state index contributed by atoms with van der Waals surface area (Å²) in [6.07, 6.45) is 0.751. The highest BCUT2D eigenvalue weighted by molar-refractivity contribution is 5.96. The molecule has 120 valence electrons. The molecule has 1 heterocycles. The first-order valence-electron chi connectivity index (χ1n) is 8.02. The Morgan fingerprint density at radius 3 is 2.65 bits per heavy atom. The van der Waals surface area contributed by atoms with Crippen LogP contribution in [0.1, 0.15) is 53.4 Å². The van der Waals surface area contributed by atoms with Gasteiger partial charge in [0, 0.05) is 17.5 Å². The highest BCUT2D eigenvalue weighted by atomic mass is 16.5. The minimum Gasteiger partial charge on any atom is -0.487 e. The number of ether oxygens (including phenoxy) is 1. The molecule has 0 radical (unpaired) electrons. The molecule has 0 fully saturated rings. The Hall–Kier alpha value is -2.29. The number of benzene rings is 2. The molecule has 0 spiro atoms. The quantitative estimate of drug-likeness (QED) is 0.896. The minimum atomic E-state index is -0.297. The van der Waals surface area contributed by atoms with Crippen LogP contribution in [-0.2, 0) is 0 Å². The minimum absolute atomic E-state index is 0.0278. The third-order valence-electron chi connectivity index (χ3n) is 4.31. The Labute approximate surface area is 137 Å². The Kier molecular flexibility index (Phi) is 3.88. The third kappa shape index (κ3) is 3.24. The van der Waals surface area contributed by atoms with Crippen LogP contribution in [0.25, 0.3) is 0 Å². The van der Waals surface area contributed by atoms with Gasteiger partial charge in [0.25, 0.3) is 5.91 Å². The Morgan fingerprint density at radius 1 is 1.17 bits per heavy atom. The predicted molar refractivity (Wildman–Crippen MR) is 91.9 cm³/mol. The van der Waals surface area contributed by atoms with Crippen molar-refractivity contribution >= 4 is 5.91 Å². The molecule has 0 saturated carbocycles. The van der Waals surface area contributed by atoms with Gasteiger partial charge in [0.05, 0.1) is 6.04 Å². The van der Waals surface area contributed by atoms with Crippen molar-refractivity contribution in [2.75, 3.05) is 0 Å². The van der Waals surface area contributed by atoms with E-state index in [-0.39, 0.29) is 17.6 Å². The van der Waals surface area contributed by atoms with Crippen molar-refractivity contribution in [1.29, 1.82) is 0 Å². The fraction of sp³-hybridized carbons (Fsp3) is 0.350. The molecule has 1 atom stereocenters. The second-order valence-electron chi connectivity index (χ2n) is 6.95. The summed E-state index contributed by atoms with van der Waals surface area (Å²) in [6.45, 7) is 8.12. The summed E-state index contributed by atoms with van der Waals surface area (Å²) in [5.74, 6) is 0.828. The van der Waals surface area contributed by atoms with Crippen LogP contribution in [0.2, 0.25) is 0 Å². The molecule has 0 unspecified atom stereocenters. The molecule has 0 bridgehead atoms. The number of rotatable bonds is 2. The number of para-hydroxylation sites is 1. The van der Waals surface area contributed by atoms with Crippen LogP contribution >= 0.6 is 0 Å². The monoisotopic (exact) mass is 309 g/mol. The maximum absolute atomic E-state index is 12.7. The van der Waals surface area contributed by atoms with Crippen molar-refractivity contribution in [2.45, 2.75) is 45.8 Å². The van der Waals surface area contributed by atoms with E-state index in [1.54, 1.807) is 0 Å². The topological polar surface area (TPSA) is 38.3 Å².